The number of rotatable bonds is 5. The van der Waals surface area contributed by atoms with Crippen LogP contribution >= 0.6 is 0 Å². The molecule has 0 saturated heterocycles. The second-order valence-corrected chi connectivity index (χ2v) is 3.75. The van der Waals surface area contributed by atoms with E-state index in [2.05, 4.69) is 15.4 Å². The van der Waals surface area contributed by atoms with Crippen molar-refractivity contribution in [3.8, 4) is 0 Å². The van der Waals surface area contributed by atoms with Crippen molar-refractivity contribution in [1.82, 2.24) is 20.1 Å². The van der Waals surface area contributed by atoms with E-state index in [1.165, 1.54) is 0 Å². The number of hydrogen-bond donors (Lipinski definition) is 1. The summed E-state index contributed by atoms with van der Waals surface area (Å²) in [7, 11) is 0. The standard InChI is InChI=1S/C11H16N4O/c1-9-8-13-11(16-9)10(2)12-5-7-15-6-3-4-14-15/h3-4,6,8,10,12H,5,7H2,1-2H3. The van der Waals surface area contributed by atoms with E-state index in [1.807, 2.05) is 30.8 Å². The number of nitrogens with zero attached hydrogens (tertiary/aromatic N) is 3. The molecule has 1 atom stereocenters. The molecule has 0 saturated carbocycles. The highest BCUT2D eigenvalue weighted by atomic mass is 16.4. The van der Waals surface area contributed by atoms with Crippen molar-refractivity contribution >= 4 is 0 Å². The van der Waals surface area contributed by atoms with Crippen molar-refractivity contribution in [2.24, 2.45) is 0 Å². The third-order valence-electron chi connectivity index (χ3n) is 2.36. The maximum Gasteiger partial charge on any atom is 0.211 e. The highest BCUT2D eigenvalue weighted by Crippen LogP contribution is 2.11. The van der Waals surface area contributed by atoms with Gasteiger partial charge in [0.15, 0.2) is 0 Å². The van der Waals surface area contributed by atoms with Gasteiger partial charge in [-0.1, -0.05) is 0 Å². The molecule has 1 N–H and O–H groups in total. The zero-order valence-electron chi connectivity index (χ0n) is 9.55. The van der Waals surface area contributed by atoms with Gasteiger partial charge >= 0.3 is 0 Å². The quantitative estimate of drug-likeness (QED) is 0.830. The molecule has 1 unspecified atom stereocenters. The van der Waals surface area contributed by atoms with Gasteiger partial charge in [-0.05, 0) is 19.9 Å². The Labute approximate surface area is 94.5 Å². The molecule has 0 fully saturated rings. The van der Waals surface area contributed by atoms with Crippen LogP contribution in [0.4, 0.5) is 0 Å². The second kappa shape index (κ2) is 4.94. The van der Waals surface area contributed by atoms with E-state index >= 15 is 0 Å². The maximum atomic E-state index is 5.44. The molecule has 2 heterocycles. The normalized spacial score (nSPS) is 12.9. The Morgan fingerprint density at radius 3 is 3.06 bits per heavy atom. The molecular formula is C11H16N4O. The maximum absolute atomic E-state index is 5.44. The fourth-order valence-corrected chi connectivity index (χ4v) is 1.49. The lowest BCUT2D eigenvalue weighted by Crippen LogP contribution is -2.23. The predicted molar refractivity (Wildman–Crippen MR) is 59.9 cm³/mol. The van der Waals surface area contributed by atoms with Crippen LogP contribution in [0.1, 0.15) is 24.6 Å². The minimum absolute atomic E-state index is 0.129. The van der Waals surface area contributed by atoms with Crippen LogP contribution in [0.2, 0.25) is 0 Å². The largest absolute Gasteiger partial charge is 0.444 e. The number of oxazole rings is 1. The molecule has 0 aromatic carbocycles. The van der Waals surface area contributed by atoms with Gasteiger partial charge in [0.2, 0.25) is 5.89 Å². The van der Waals surface area contributed by atoms with E-state index in [4.69, 9.17) is 4.42 Å². The lowest BCUT2D eigenvalue weighted by Gasteiger charge is -2.09. The topological polar surface area (TPSA) is 55.9 Å². The average Bonchev–Trinajstić information content (AvgIpc) is 2.89. The Morgan fingerprint density at radius 2 is 2.44 bits per heavy atom. The van der Waals surface area contributed by atoms with Crippen molar-refractivity contribution in [2.45, 2.75) is 26.4 Å². The van der Waals surface area contributed by atoms with E-state index in [1.54, 1.807) is 12.4 Å². The zero-order valence-corrected chi connectivity index (χ0v) is 9.55. The summed E-state index contributed by atoms with van der Waals surface area (Å²) in [5, 5.41) is 7.46. The van der Waals surface area contributed by atoms with Crippen LogP contribution in [0.5, 0.6) is 0 Å². The van der Waals surface area contributed by atoms with Gasteiger partial charge in [0.25, 0.3) is 0 Å². The molecule has 0 amide bonds. The SMILES string of the molecule is Cc1cnc(C(C)NCCn2cccn2)o1. The van der Waals surface area contributed by atoms with Crippen molar-refractivity contribution in [1.29, 1.82) is 0 Å². The van der Waals surface area contributed by atoms with Crippen LogP contribution in [-0.4, -0.2) is 21.3 Å². The number of aromatic nitrogens is 3. The third-order valence-corrected chi connectivity index (χ3v) is 2.36. The van der Waals surface area contributed by atoms with Gasteiger partial charge in [-0.25, -0.2) is 4.98 Å². The van der Waals surface area contributed by atoms with Gasteiger partial charge in [-0.2, -0.15) is 5.10 Å². The van der Waals surface area contributed by atoms with Crippen LogP contribution in [0.3, 0.4) is 0 Å². The summed E-state index contributed by atoms with van der Waals surface area (Å²) in [5.74, 6) is 1.58. The molecule has 5 heteroatoms. The summed E-state index contributed by atoms with van der Waals surface area (Å²) in [6.45, 7) is 5.61. The fraction of sp³-hybridized carbons (Fsp3) is 0.455. The Bertz CT molecular complexity index is 421. The van der Waals surface area contributed by atoms with E-state index in [9.17, 15) is 0 Å². The third kappa shape index (κ3) is 2.70. The molecule has 0 aliphatic rings. The predicted octanol–water partition coefficient (Wildman–Crippen LogP) is 1.53. The minimum Gasteiger partial charge on any atom is -0.444 e. The van der Waals surface area contributed by atoms with E-state index in [0.717, 1.165) is 24.7 Å². The molecule has 0 bridgehead atoms. The average molecular weight is 220 g/mol. The van der Waals surface area contributed by atoms with Crippen molar-refractivity contribution < 1.29 is 4.42 Å². The first-order valence-electron chi connectivity index (χ1n) is 5.39. The summed E-state index contributed by atoms with van der Waals surface area (Å²) < 4.78 is 7.33. The summed E-state index contributed by atoms with van der Waals surface area (Å²) in [5.41, 5.74) is 0. The number of aryl methyl sites for hydroxylation is 1. The van der Waals surface area contributed by atoms with Gasteiger partial charge in [0, 0.05) is 18.9 Å². The van der Waals surface area contributed by atoms with Crippen molar-refractivity contribution in [3.63, 3.8) is 0 Å². The molecule has 0 aliphatic carbocycles. The summed E-state index contributed by atoms with van der Waals surface area (Å²) in [6, 6.07) is 2.05. The van der Waals surface area contributed by atoms with Gasteiger partial charge < -0.3 is 9.73 Å². The van der Waals surface area contributed by atoms with Crippen LogP contribution in [-0.2, 0) is 6.54 Å². The molecule has 5 nitrogen and oxygen atoms in total. The molecule has 16 heavy (non-hydrogen) atoms. The van der Waals surface area contributed by atoms with E-state index < -0.39 is 0 Å². The lowest BCUT2D eigenvalue weighted by atomic mass is 10.3. The zero-order chi connectivity index (χ0) is 11.4. The lowest BCUT2D eigenvalue weighted by molar-refractivity contribution is 0.394. The molecule has 2 aromatic heterocycles. The smallest absolute Gasteiger partial charge is 0.211 e. The Kier molecular flexibility index (Phi) is 3.36. The molecule has 86 valence electrons. The minimum atomic E-state index is 0.129. The molecule has 0 spiro atoms. The van der Waals surface area contributed by atoms with Crippen LogP contribution in [0.15, 0.2) is 29.1 Å². The summed E-state index contributed by atoms with van der Waals surface area (Å²) in [4.78, 5) is 4.18. The monoisotopic (exact) mass is 220 g/mol. The molecular weight excluding hydrogens is 204 g/mol. The second-order valence-electron chi connectivity index (χ2n) is 3.75. The first kappa shape index (κ1) is 10.9. The first-order chi connectivity index (χ1) is 7.75. The Hall–Kier alpha value is -1.62. The number of nitrogens with one attached hydrogen (secondary N) is 1. The van der Waals surface area contributed by atoms with Crippen LogP contribution in [0, 0.1) is 6.92 Å². The van der Waals surface area contributed by atoms with Crippen LogP contribution in [0.25, 0.3) is 0 Å². The van der Waals surface area contributed by atoms with Crippen LogP contribution < -0.4 is 5.32 Å². The summed E-state index contributed by atoms with van der Waals surface area (Å²) >= 11 is 0. The molecule has 2 aromatic rings. The molecule has 0 radical (unpaired) electrons. The number of hydrogen-bond acceptors (Lipinski definition) is 4. The highest BCUT2D eigenvalue weighted by Gasteiger charge is 2.09. The van der Waals surface area contributed by atoms with Gasteiger partial charge in [-0.15, -0.1) is 0 Å². The van der Waals surface area contributed by atoms with Crippen molar-refractivity contribution in [2.75, 3.05) is 6.54 Å². The van der Waals surface area contributed by atoms with E-state index in [0.29, 0.717) is 0 Å². The fourth-order valence-electron chi connectivity index (χ4n) is 1.49. The van der Waals surface area contributed by atoms with E-state index in [-0.39, 0.29) is 6.04 Å². The Morgan fingerprint density at radius 1 is 1.56 bits per heavy atom. The highest BCUT2D eigenvalue weighted by molar-refractivity contribution is 4.94. The first-order valence-corrected chi connectivity index (χ1v) is 5.39. The molecule has 2 rings (SSSR count). The summed E-state index contributed by atoms with van der Waals surface area (Å²) in [6.07, 6.45) is 5.46. The Balaban J connectivity index is 1.78. The molecule has 0 aliphatic heterocycles. The van der Waals surface area contributed by atoms with Gasteiger partial charge in [0.1, 0.15) is 5.76 Å². The van der Waals surface area contributed by atoms with Gasteiger partial charge in [0.05, 0.1) is 18.8 Å². The van der Waals surface area contributed by atoms with Crippen molar-refractivity contribution in [3.05, 3.63) is 36.3 Å². The van der Waals surface area contributed by atoms with Gasteiger partial charge in [-0.3, -0.25) is 4.68 Å².